The number of benzene rings is 1. The molecule has 0 aliphatic carbocycles. The first-order valence-electron chi connectivity index (χ1n) is 9.08. The van der Waals surface area contributed by atoms with E-state index in [4.69, 9.17) is 0 Å². The molecule has 0 saturated carbocycles. The Labute approximate surface area is 164 Å². The standard InChI is InChI=1S/C20H26N6O2/c1-21-18(27)16-6-3-5-15(13-16)8-10-25-20(22-2)26-12-11-24-19(28)17-7-4-9-23-14-17/h3-7,9,13-14H,8,10-12H2,1-2H3,(H,21,27)(H,24,28)(H2,22,25,26). The van der Waals surface area contributed by atoms with Gasteiger partial charge in [-0.1, -0.05) is 12.1 Å². The summed E-state index contributed by atoms with van der Waals surface area (Å²) in [5.41, 5.74) is 2.24. The second-order valence-corrected chi connectivity index (χ2v) is 5.95. The highest BCUT2D eigenvalue weighted by Crippen LogP contribution is 2.05. The van der Waals surface area contributed by atoms with Crippen molar-refractivity contribution in [3.05, 3.63) is 65.5 Å². The van der Waals surface area contributed by atoms with Gasteiger partial charge in [0.1, 0.15) is 0 Å². The van der Waals surface area contributed by atoms with Crippen LogP contribution >= 0.6 is 0 Å². The summed E-state index contributed by atoms with van der Waals surface area (Å²) < 4.78 is 0. The van der Waals surface area contributed by atoms with Crippen LogP contribution in [0.3, 0.4) is 0 Å². The summed E-state index contributed by atoms with van der Waals surface area (Å²) in [5.74, 6) is 0.396. The van der Waals surface area contributed by atoms with Crippen molar-refractivity contribution in [2.24, 2.45) is 4.99 Å². The van der Waals surface area contributed by atoms with Crippen LogP contribution in [0, 0.1) is 0 Å². The van der Waals surface area contributed by atoms with Gasteiger partial charge in [0.15, 0.2) is 5.96 Å². The van der Waals surface area contributed by atoms with Crippen molar-refractivity contribution >= 4 is 17.8 Å². The maximum atomic E-state index is 11.9. The lowest BCUT2D eigenvalue weighted by Gasteiger charge is -2.12. The number of nitrogens with zero attached hydrogens (tertiary/aromatic N) is 2. The maximum absolute atomic E-state index is 11.9. The highest BCUT2D eigenvalue weighted by molar-refractivity contribution is 5.94. The number of pyridine rings is 1. The minimum absolute atomic E-state index is 0.0967. The molecule has 8 nitrogen and oxygen atoms in total. The van der Waals surface area contributed by atoms with Gasteiger partial charge in [-0.15, -0.1) is 0 Å². The maximum Gasteiger partial charge on any atom is 0.252 e. The Morgan fingerprint density at radius 3 is 2.43 bits per heavy atom. The van der Waals surface area contributed by atoms with Crippen molar-refractivity contribution < 1.29 is 9.59 Å². The monoisotopic (exact) mass is 382 g/mol. The molecule has 0 atom stereocenters. The van der Waals surface area contributed by atoms with E-state index in [1.807, 2.05) is 18.2 Å². The number of aromatic nitrogens is 1. The largest absolute Gasteiger partial charge is 0.356 e. The second kappa shape index (κ2) is 11.3. The Morgan fingerprint density at radius 2 is 1.71 bits per heavy atom. The molecule has 0 radical (unpaired) electrons. The van der Waals surface area contributed by atoms with Crippen molar-refractivity contribution in [3.63, 3.8) is 0 Å². The Hall–Kier alpha value is -3.42. The van der Waals surface area contributed by atoms with Gasteiger partial charge in [-0.2, -0.15) is 0 Å². The highest BCUT2D eigenvalue weighted by Gasteiger charge is 2.05. The SMILES string of the molecule is CN=C(NCCNC(=O)c1cccnc1)NCCc1cccc(C(=O)NC)c1. The number of aliphatic imine (C=N–C) groups is 1. The third-order valence-electron chi connectivity index (χ3n) is 3.97. The molecule has 0 aliphatic rings. The zero-order chi connectivity index (χ0) is 20.2. The molecule has 0 aliphatic heterocycles. The van der Waals surface area contributed by atoms with E-state index >= 15 is 0 Å². The Balaban J connectivity index is 1.69. The van der Waals surface area contributed by atoms with Gasteiger partial charge in [-0.25, -0.2) is 0 Å². The first-order chi connectivity index (χ1) is 13.6. The second-order valence-electron chi connectivity index (χ2n) is 5.95. The summed E-state index contributed by atoms with van der Waals surface area (Å²) >= 11 is 0. The summed E-state index contributed by atoms with van der Waals surface area (Å²) in [6.07, 6.45) is 3.91. The number of hydrogen-bond donors (Lipinski definition) is 4. The molecule has 1 aromatic carbocycles. The summed E-state index contributed by atoms with van der Waals surface area (Å²) in [6, 6.07) is 11.0. The Morgan fingerprint density at radius 1 is 0.964 bits per heavy atom. The number of carbonyl (C=O) groups excluding carboxylic acids is 2. The number of rotatable bonds is 8. The summed E-state index contributed by atoms with van der Waals surface area (Å²) in [7, 11) is 3.31. The first kappa shape index (κ1) is 20.9. The number of hydrogen-bond acceptors (Lipinski definition) is 4. The molecule has 0 fully saturated rings. The predicted octanol–water partition coefficient (Wildman–Crippen LogP) is 0.579. The number of amides is 2. The van der Waals surface area contributed by atoms with Gasteiger partial charge in [0, 0.05) is 51.7 Å². The molecule has 0 bridgehead atoms. The van der Waals surface area contributed by atoms with E-state index in [0.717, 1.165) is 12.0 Å². The van der Waals surface area contributed by atoms with Crippen LogP contribution in [0.2, 0.25) is 0 Å². The minimum atomic E-state index is -0.158. The molecule has 0 unspecified atom stereocenters. The van der Waals surface area contributed by atoms with E-state index in [-0.39, 0.29) is 11.8 Å². The third-order valence-corrected chi connectivity index (χ3v) is 3.97. The van der Waals surface area contributed by atoms with E-state index in [0.29, 0.717) is 36.7 Å². The topological polar surface area (TPSA) is 108 Å². The lowest BCUT2D eigenvalue weighted by Crippen LogP contribution is -2.42. The average molecular weight is 382 g/mol. The van der Waals surface area contributed by atoms with Crippen molar-refractivity contribution in [1.82, 2.24) is 26.3 Å². The molecule has 1 heterocycles. The fourth-order valence-electron chi connectivity index (χ4n) is 2.51. The van der Waals surface area contributed by atoms with Crippen LogP contribution in [0.5, 0.6) is 0 Å². The summed E-state index contributed by atoms with van der Waals surface area (Å²) in [6.45, 7) is 1.67. The van der Waals surface area contributed by atoms with Crippen LogP contribution < -0.4 is 21.3 Å². The van der Waals surface area contributed by atoms with Gasteiger partial charge in [-0.05, 0) is 36.2 Å². The van der Waals surface area contributed by atoms with Crippen LogP contribution in [0.4, 0.5) is 0 Å². The molecule has 8 heteroatoms. The van der Waals surface area contributed by atoms with Gasteiger partial charge >= 0.3 is 0 Å². The fourth-order valence-corrected chi connectivity index (χ4v) is 2.51. The molecular formula is C20H26N6O2. The van der Waals surface area contributed by atoms with Gasteiger partial charge < -0.3 is 21.3 Å². The number of nitrogens with one attached hydrogen (secondary N) is 4. The zero-order valence-corrected chi connectivity index (χ0v) is 16.2. The van der Waals surface area contributed by atoms with Crippen LogP contribution in [0.25, 0.3) is 0 Å². The van der Waals surface area contributed by atoms with Crippen LogP contribution in [0.1, 0.15) is 26.3 Å². The molecular weight excluding hydrogens is 356 g/mol. The van der Waals surface area contributed by atoms with Gasteiger partial charge in [0.2, 0.25) is 0 Å². The van der Waals surface area contributed by atoms with Crippen molar-refractivity contribution in [2.45, 2.75) is 6.42 Å². The highest BCUT2D eigenvalue weighted by atomic mass is 16.2. The molecule has 2 aromatic rings. The van der Waals surface area contributed by atoms with Crippen molar-refractivity contribution in [1.29, 1.82) is 0 Å². The van der Waals surface area contributed by atoms with E-state index < -0.39 is 0 Å². The van der Waals surface area contributed by atoms with E-state index in [1.165, 1.54) is 6.20 Å². The van der Waals surface area contributed by atoms with Crippen molar-refractivity contribution in [2.75, 3.05) is 33.7 Å². The van der Waals surface area contributed by atoms with E-state index in [9.17, 15) is 9.59 Å². The van der Waals surface area contributed by atoms with E-state index in [1.54, 1.807) is 38.5 Å². The predicted molar refractivity (Wildman–Crippen MR) is 109 cm³/mol. The molecule has 28 heavy (non-hydrogen) atoms. The normalized spacial score (nSPS) is 10.9. The molecule has 1 aromatic heterocycles. The fraction of sp³-hybridized carbons (Fsp3) is 0.300. The lowest BCUT2D eigenvalue weighted by molar-refractivity contribution is 0.0949. The molecule has 2 rings (SSSR count). The Kier molecular flexibility index (Phi) is 8.45. The van der Waals surface area contributed by atoms with Crippen LogP contribution in [-0.4, -0.2) is 56.5 Å². The van der Waals surface area contributed by atoms with Gasteiger partial charge in [0.25, 0.3) is 11.8 Å². The van der Waals surface area contributed by atoms with Crippen LogP contribution in [-0.2, 0) is 6.42 Å². The molecule has 0 saturated heterocycles. The van der Waals surface area contributed by atoms with Crippen molar-refractivity contribution in [3.8, 4) is 0 Å². The van der Waals surface area contributed by atoms with Gasteiger partial charge in [0.05, 0.1) is 5.56 Å². The Bertz CT molecular complexity index is 807. The molecule has 2 amide bonds. The number of carbonyl (C=O) groups is 2. The number of guanidine groups is 1. The van der Waals surface area contributed by atoms with E-state index in [2.05, 4.69) is 31.2 Å². The average Bonchev–Trinajstić information content (AvgIpc) is 2.75. The zero-order valence-electron chi connectivity index (χ0n) is 16.2. The quantitative estimate of drug-likeness (QED) is 0.303. The van der Waals surface area contributed by atoms with Crippen LogP contribution in [0.15, 0.2) is 53.8 Å². The smallest absolute Gasteiger partial charge is 0.252 e. The molecule has 148 valence electrons. The molecule has 0 spiro atoms. The molecule has 4 N–H and O–H groups in total. The lowest BCUT2D eigenvalue weighted by atomic mass is 10.1. The first-order valence-corrected chi connectivity index (χ1v) is 9.08. The minimum Gasteiger partial charge on any atom is -0.356 e. The summed E-state index contributed by atoms with van der Waals surface area (Å²) in [4.78, 5) is 31.7. The third kappa shape index (κ3) is 6.71. The summed E-state index contributed by atoms with van der Waals surface area (Å²) in [5, 5.41) is 11.8. The van der Waals surface area contributed by atoms with Gasteiger partial charge in [-0.3, -0.25) is 19.6 Å².